The van der Waals surface area contributed by atoms with E-state index in [-0.39, 0.29) is 12.1 Å². The quantitative estimate of drug-likeness (QED) is 0.841. The Morgan fingerprint density at radius 2 is 1.88 bits per heavy atom. The molecule has 1 heterocycles. The van der Waals surface area contributed by atoms with Crippen LogP contribution in [0, 0.1) is 5.41 Å². The van der Waals surface area contributed by atoms with Crippen LogP contribution in [0.3, 0.4) is 0 Å². The summed E-state index contributed by atoms with van der Waals surface area (Å²) in [5.41, 5.74) is 0.223. The third kappa shape index (κ3) is 5.10. The van der Waals surface area contributed by atoms with Gasteiger partial charge in [-0.2, -0.15) is 0 Å². The van der Waals surface area contributed by atoms with Gasteiger partial charge in [-0.3, -0.25) is 4.90 Å². The lowest BCUT2D eigenvalue weighted by Gasteiger charge is -2.40. The van der Waals surface area contributed by atoms with Crippen molar-refractivity contribution in [2.75, 3.05) is 26.3 Å². The van der Waals surface area contributed by atoms with Gasteiger partial charge in [-0.1, -0.05) is 12.8 Å². The van der Waals surface area contributed by atoms with Crippen LogP contribution >= 0.6 is 0 Å². The minimum Gasteiger partial charge on any atom is -0.444 e. The first-order valence-corrected chi connectivity index (χ1v) is 10.2. The molecular weight excluding hydrogens is 316 g/mol. The second-order valence-electron chi connectivity index (χ2n) is 9.29. The fourth-order valence-electron chi connectivity index (χ4n) is 4.75. The Kier molecular flexibility index (Phi) is 5.94. The van der Waals surface area contributed by atoms with Gasteiger partial charge in [0, 0.05) is 19.1 Å². The van der Waals surface area contributed by atoms with Gasteiger partial charge in [-0.05, 0) is 64.7 Å². The molecule has 1 spiro atoms. The van der Waals surface area contributed by atoms with Crippen molar-refractivity contribution in [2.45, 2.75) is 89.8 Å². The largest absolute Gasteiger partial charge is 0.444 e. The molecule has 144 valence electrons. The number of hydrogen-bond acceptors (Lipinski definition) is 4. The summed E-state index contributed by atoms with van der Waals surface area (Å²) in [4.78, 5) is 14.3. The molecular formula is C20H36N2O3. The smallest absolute Gasteiger partial charge is 0.410 e. The van der Waals surface area contributed by atoms with Crippen LogP contribution in [0.15, 0.2) is 0 Å². The lowest BCUT2D eigenvalue weighted by Crippen LogP contribution is -2.55. The molecule has 1 atom stereocenters. The maximum Gasteiger partial charge on any atom is 0.410 e. The highest BCUT2D eigenvalue weighted by atomic mass is 16.6. The van der Waals surface area contributed by atoms with Gasteiger partial charge in [0.25, 0.3) is 0 Å². The predicted molar refractivity (Wildman–Crippen MR) is 98.7 cm³/mol. The molecule has 3 fully saturated rings. The predicted octanol–water partition coefficient (Wildman–Crippen LogP) is 3.71. The van der Waals surface area contributed by atoms with E-state index in [1.165, 1.54) is 51.4 Å². The highest BCUT2D eigenvalue weighted by Gasteiger charge is 2.38. The number of rotatable bonds is 3. The Morgan fingerprint density at radius 3 is 2.52 bits per heavy atom. The van der Waals surface area contributed by atoms with Crippen molar-refractivity contribution in [3.05, 3.63) is 0 Å². The Hall–Kier alpha value is -0.810. The van der Waals surface area contributed by atoms with Crippen LogP contribution in [-0.4, -0.2) is 55.0 Å². The highest BCUT2D eigenvalue weighted by molar-refractivity contribution is 5.68. The molecule has 1 aliphatic heterocycles. The minimum absolute atomic E-state index is 0.0750. The van der Waals surface area contributed by atoms with Gasteiger partial charge in [0.2, 0.25) is 0 Å². The maximum absolute atomic E-state index is 12.5. The van der Waals surface area contributed by atoms with E-state index in [1.807, 2.05) is 25.7 Å². The Morgan fingerprint density at radius 1 is 1.20 bits per heavy atom. The first kappa shape index (κ1) is 19.0. The van der Waals surface area contributed by atoms with E-state index < -0.39 is 5.60 Å². The number of carbonyl (C=O) groups is 1. The van der Waals surface area contributed by atoms with Crippen LogP contribution in [0.5, 0.6) is 0 Å². The Bertz CT molecular complexity index is 444. The second kappa shape index (κ2) is 7.83. The molecule has 0 aromatic carbocycles. The van der Waals surface area contributed by atoms with Crippen LogP contribution in [-0.2, 0) is 9.47 Å². The maximum atomic E-state index is 12.5. The molecule has 0 radical (unpaired) electrons. The van der Waals surface area contributed by atoms with Gasteiger partial charge < -0.3 is 14.8 Å². The van der Waals surface area contributed by atoms with Crippen molar-refractivity contribution >= 4 is 6.09 Å². The number of morpholine rings is 1. The number of hydrogen-bond donors (Lipinski definition) is 1. The second-order valence-corrected chi connectivity index (χ2v) is 9.29. The number of carbonyl (C=O) groups excluding carboxylic acids is 1. The monoisotopic (exact) mass is 352 g/mol. The summed E-state index contributed by atoms with van der Waals surface area (Å²) in [6, 6.07) is 0.666. The van der Waals surface area contributed by atoms with Crippen molar-refractivity contribution < 1.29 is 14.3 Å². The third-order valence-electron chi connectivity index (χ3n) is 6.21. The summed E-state index contributed by atoms with van der Waals surface area (Å²) in [6.07, 6.45) is 10.9. The summed E-state index contributed by atoms with van der Waals surface area (Å²) in [5.74, 6) is 0. The van der Waals surface area contributed by atoms with Gasteiger partial charge in [0.1, 0.15) is 5.60 Å². The summed E-state index contributed by atoms with van der Waals surface area (Å²) in [5, 5.41) is 3.72. The average Bonchev–Trinajstić information content (AvgIpc) is 3.01. The van der Waals surface area contributed by atoms with Gasteiger partial charge >= 0.3 is 6.09 Å². The van der Waals surface area contributed by atoms with E-state index >= 15 is 0 Å². The van der Waals surface area contributed by atoms with Crippen molar-refractivity contribution in [3.63, 3.8) is 0 Å². The molecule has 5 nitrogen and oxygen atoms in total. The van der Waals surface area contributed by atoms with E-state index in [1.54, 1.807) is 0 Å². The number of nitrogens with one attached hydrogen (secondary N) is 1. The zero-order valence-electron chi connectivity index (χ0n) is 16.3. The molecule has 0 bridgehead atoms. The van der Waals surface area contributed by atoms with Gasteiger partial charge in [-0.25, -0.2) is 4.79 Å². The molecule has 1 saturated heterocycles. The zero-order valence-corrected chi connectivity index (χ0v) is 16.3. The zero-order chi connectivity index (χ0) is 17.9. The molecule has 3 rings (SSSR count). The van der Waals surface area contributed by atoms with Crippen LogP contribution in [0.2, 0.25) is 0 Å². The van der Waals surface area contributed by atoms with Crippen LogP contribution < -0.4 is 5.32 Å². The lowest BCUT2D eigenvalue weighted by molar-refractivity contribution is -0.0326. The van der Waals surface area contributed by atoms with Gasteiger partial charge in [-0.15, -0.1) is 0 Å². The molecule has 1 unspecified atom stereocenters. The summed E-state index contributed by atoms with van der Waals surface area (Å²) in [7, 11) is 0. The third-order valence-corrected chi connectivity index (χ3v) is 6.21. The fourth-order valence-corrected chi connectivity index (χ4v) is 4.75. The highest BCUT2D eigenvalue weighted by Crippen LogP contribution is 2.48. The van der Waals surface area contributed by atoms with E-state index in [4.69, 9.17) is 9.47 Å². The molecule has 1 amide bonds. The van der Waals surface area contributed by atoms with Crippen molar-refractivity contribution in [2.24, 2.45) is 5.41 Å². The lowest BCUT2D eigenvalue weighted by atomic mass is 9.71. The molecule has 1 N–H and O–H groups in total. The molecule has 3 aliphatic rings. The van der Waals surface area contributed by atoms with Crippen molar-refractivity contribution in [1.29, 1.82) is 0 Å². The van der Waals surface area contributed by atoms with Crippen LogP contribution in [0.25, 0.3) is 0 Å². The fraction of sp³-hybridized carbons (Fsp3) is 0.950. The topological polar surface area (TPSA) is 50.8 Å². The normalized spacial score (nSPS) is 27.6. The molecule has 0 aromatic heterocycles. The Balaban J connectivity index is 1.46. The summed E-state index contributed by atoms with van der Waals surface area (Å²) in [6.45, 7) is 8.37. The SMILES string of the molecule is CC(C)(C)OC(=O)N1CCOCC1CNC1CCC2(CCCC2)CC1. The first-order chi connectivity index (χ1) is 11.9. The summed E-state index contributed by atoms with van der Waals surface area (Å²) >= 11 is 0. The standard InChI is InChI=1S/C20H36N2O3/c1-19(2,3)25-18(23)22-12-13-24-15-17(22)14-21-16-6-10-20(11-7-16)8-4-5-9-20/h16-17,21H,4-15H2,1-3H3. The van der Waals surface area contributed by atoms with Gasteiger partial charge in [0.15, 0.2) is 0 Å². The molecule has 2 saturated carbocycles. The van der Waals surface area contributed by atoms with Crippen molar-refractivity contribution in [1.82, 2.24) is 10.2 Å². The van der Waals surface area contributed by atoms with Crippen LogP contribution in [0.1, 0.15) is 72.1 Å². The molecule has 25 heavy (non-hydrogen) atoms. The molecule has 0 aromatic rings. The van der Waals surface area contributed by atoms with Crippen molar-refractivity contribution in [3.8, 4) is 0 Å². The van der Waals surface area contributed by atoms with E-state index in [9.17, 15) is 4.79 Å². The number of amides is 1. The van der Waals surface area contributed by atoms with E-state index in [0.29, 0.717) is 31.2 Å². The molecule has 2 aliphatic carbocycles. The number of ether oxygens (including phenoxy) is 2. The van der Waals surface area contributed by atoms with E-state index in [0.717, 1.165) is 6.54 Å². The van der Waals surface area contributed by atoms with Crippen LogP contribution in [0.4, 0.5) is 4.79 Å². The van der Waals surface area contributed by atoms with Gasteiger partial charge in [0.05, 0.1) is 19.3 Å². The first-order valence-electron chi connectivity index (χ1n) is 10.2. The Labute approximate surface area is 152 Å². The minimum atomic E-state index is -0.452. The summed E-state index contributed by atoms with van der Waals surface area (Å²) < 4.78 is 11.2. The molecule has 5 heteroatoms. The number of nitrogens with zero attached hydrogens (tertiary/aromatic N) is 1. The van der Waals surface area contributed by atoms with E-state index in [2.05, 4.69) is 5.32 Å². The average molecular weight is 353 g/mol.